The SMILES string of the molecule is Cl.O=S(c1nc2ccccc2o1)[C@@H]1CCNC1. The van der Waals surface area contributed by atoms with E-state index in [1.807, 2.05) is 24.3 Å². The van der Waals surface area contributed by atoms with Gasteiger partial charge in [0.15, 0.2) is 5.58 Å². The number of hydrogen-bond acceptors (Lipinski definition) is 4. The Morgan fingerprint density at radius 2 is 2.24 bits per heavy atom. The molecule has 92 valence electrons. The zero-order valence-corrected chi connectivity index (χ0v) is 10.7. The molecule has 2 atom stereocenters. The Kier molecular flexibility index (Phi) is 3.81. The molecule has 0 saturated carbocycles. The predicted octanol–water partition coefficient (Wildman–Crippen LogP) is 1.72. The molecule has 0 amide bonds. The smallest absolute Gasteiger partial charge is 0.288 e. The summed E-state index contributed by atoms with van der Waals surface area (Å²) in [4.78, 5) is 4.26. The average Bonchev–Trinajstić information content (AvgIpc) is 2.97. The summed E-state index contributed by atoms with van der Waals surface area (Å²) in [6, 6.07) is 7.49. The number of halogens is 1. The zero-order valence-electron chi connectivity index (χ0n) is 9.09. The van der Waals surface area contributed by atoms with Crippen LogP contribution in [0, 0.1) is 0 Å². The van der Waals surface area contributed by atoms with Crippen molar-refractivity contribution in [2.75, 3.05) is 13.1 Å². The molecule has 1 aliphatic rings. The third-order valence-electron chi connectivity index (χ3n) is 2.76. The Bertz CT molecular complexity index is 504. The van der Waals surface area contributed by atoms with Crippen LogP contribution in [0.2, 0.25) is 0 Å². The second-order valence-corrected chi connectivity index (χ2v) is 5.47. The molecular weight excluding hydrogens is 260 g/mol. The molecule has 1 aromatic heterocycles. The lowest BCUT2D eigenvalue weighted by Gasteiger charge is -2.02. The van der Waals surface area contributed by atoms with Gasteiger partial charge in [-0.2, -0.15) is 0 Å². The minimum absolute atomic E-state index is 0. The summed E-state index contributed by atoms with van der Waals surface area (Å²) in [5, 5.41) is 3.68. The van der Waals surface area contributed by atoms with Crippen LogP contribution in [0.15, 0.2) is 33.9 Å². The van der Waals surface area contributed by atoms with Crippen LogP contribution in [-0.2, 0) is 10.8 Å². The fraction of sp³-hybridized carbons (Fsp3) is 0.364. The van der Waals surface area contributed by atoms with E-state index in [0.29, 0.717) is 10.8 Å². The maximum atomic E-state index is 12.1. The highest BCUT2D eigenvalue weighted by atomic mass is 35.5. The summed E-state index contributed by atoms with van der Waals surface area (Å²) >= 11 is 0. The molecule has 1 aliphatic heterocycles. The maximum Gasteiger partial charge on any atom is 0.288 e. The molecule has 0 aliphatic carbocycles. The van der Waals surface area contributed by atoms with E-state index in [1.54, 1.807) is 0 Å². The van der Waals surface area contributed by atoms with Crippen molar-refractivity contribution < 1.29 is 8.63 Å². The number of rotatable bonds is 2. The van der Waals surface area contributed by atoms with Gasteiger partial charge in [-0.1, -0.05) is 12.1 Å². The van der Waals surface area contributed by atoms with Gasteiger partial charge in [0.05, 0.1) is 5.25 Å². The van der Waals surface area contributed by atoms with E-state index >= 15 is 0 Å². The van der Waals surface area contributed by atoms with Crippen molar-refractivity contribution in [3.63, 3.8) is 0 Å². The van der Waals surface area contributed by atoms with Gasteiger partial charge in [-0.15, -0.1) is 12.4 Å². The predicted molar refractivity (Wildman–Crippen MR) is 68.9 cm³/mol. The van der Waals surface area contributed by atoms with Gasteiger partial charge in [0.1, 0.15) is 16.3 Å². The lowest BCUT2D eigenvalue weighted by Crippen LogP contribution is -2.18. The number of fused-ring (bicyclic) bond motifs is 1. The van der Waals surface area contributed by atoms with E-state index in [1.165, 1.54) is 0 Å². The third kappa shape index (κ3) is 2.36. The van der Waals surface area contributed by atoms with Crippen LogP contribution < -0.4 is 5.32 Å². The highest BCUT2D eigenvalue weighted by molar-refractivity contribution is 7.85. The van der Waals surface area contributed by atoms with E-state index in [2.05, 4.69) is 10.3 Å². The summed E-state index contributed by atoms with van der Waals surface area (Å²) in [5.41, 5.74) is 1.48. The van der Waals surface area contributed by atoms with Crippen LogP contribution >= 0.6 is 12.4 Å². The first kappa shape index (κ1) is 12.5. The molecular formula is C11H13ClN2O2S. The number of oxazole rings is 1. The first-order valence-corrected chi connectivity index (χ1v) is 6.53. The quantitative estimate of drug-likeness (QED) is 0.904. The number of benzene rings is 1. The molecule has 0 bridgehead atoms. The molecule has 1 fully saturated rings. The van der Waals surface area contributed by atoms with Crippen LogP contribution in [0.5, 0.6) is 0 Å². The molecule has 2 heterocycles. The minimum atomic E-state index is -1.13. The second kappa shape index (κ2) is 5.16. The third-order valence-corrected chi connectivity index (χ3v) is 4.29. The molecule has 4 nitrogen and oxygen atoms in total. The number of nitrogens with zero attached hydrogens (tertiary/aromatic N) is 1. The van der Waals surface area contributed by atoms with Crippen LogP contribution in [0.3, 0.4) is 0 Å². The summed E-state index contributed by atoms with van der Waals surface area (Å²) in [6.07, 6.45) is 0.922. The average molecular weight is 273 g/mol. The van der Waals surface area contributed by atoms with Crippen molar-refractivity contribution in [3.05, 3.63) is 24.3 Å². The summed E-state index contributed by atoms with van der Waals surface area (Å²) < 4.78 is 17.6. The molecule has 2 aromatic rings. The Labute approximate surface area is 108 Å². The fourth-order valence-electron chi connectivity index (χ4n) is 1.89. The Morgan fingerprint density at radius 1 is 1.41 bits per heavy atom. The molecule has 0 radical (unpaired) electrons. The van der Waals surface area contributed by atoms with Gasteiger partial charge < -0.3 is 9.73 Å². The number of hydrogen-bond donors (Lipinski definition) is 1. The van der Waals surface area contributed by atoms with Crippen LogP contribution in [-0.4, -0.2) is 27.5 Å². The van der Waals surface area contributed by atoms with Gasteiger partial charge >= 0.3 is 0 Å². The molecule has 1 aromatic carbocycles. The number of nitrogens with one attached hydrogen (secondary N) is 1. The van der Waals surface area contributed by atoms with Crippen LogP contribution in [0.4, 0.5) is 0 Å². The van der Waals surface area contributed by atoms with Crippen molar-refractivity contribution >= 4 is 34.3 Å². The highest BCUT2D eigenvalue weighted by Gasteiger charge is 2.25. The normalized spacial score (nSPS) is 21.3. The maximum absolute atomic E-state index is 12.1. The van der Waals surface area contributed by atoms with E-state index in [9.17, 15) is 4.21 Å². The molecule has 1 N–H and O–H groups in total. The summed E-state index contributed by atoms with van der Waals surface area (Å²) in [5.74, 6) is 0. The molecule has 3 rings (SSSR count). The van der Waals surface area contributed by atoms with Crippen molar-refractivity contribution in [3.8, 4) is 0 Å². The zero-order chi connectivity index (χ0) is 11.0. The summed E-state index contributed by atoms with van der Waals surface area (Å²) in [6.45, 7) is 1.71. The number of aromatic nitrogens is 1. The molecule has 1 saturated heterocycles. The number of para-hydroxylation sites is 2. The lowest BCUT2D eigenvalue weighted by molar-refractivity contribution is 0.475. The Hall–Kier alpha value is -0.910. The van der Waals surface area contributed by atoms with Gasteiger partial charge in [-0.05, 0) is 25.1 Å². The lowest BCUT2D eigenvalue weighted by atomic mass is 10.3. The van der Waals surface area contributed by atoms with E-state index in [0.717, 1.165) is 25.0 Å². The fourth-order valence-corrected chi connectivity index (χ4v) is 3.14. The van der Waals surface area contributed by atoms with Crippen molar-refractivity contribution in [2.24, 2.45) is 0 Å². The van der Waals surface area contributed by atoms with E-state index < -0.39 is 10.8 Å². The van der Waals surface area contributed by atoms with Crippen molar-refractivity contribution in [2.45, 2.75) is 16.9 Å². The Morgan fingerprint density at radius 3 is 2.94 bits per heavy atom. The van der Waals surface area contributed by atoms with E-state index in [4.69, 9.17) is 4.42 Å². The first-order valence-electron chi connectivity index (χ1n) is 5.31. The second-order valence-electron chi connectivity index (χ2n) is 3.86. The van der Waals surface area contributed by atoms with Gasteiger partial charge in [0.25, 0.3) is 5.22 Å². The summed E-state index contributed by atoms with van der Waals surface area (Å²) in [7, 11) is -1.13. The van der Waals surface area contributed by atoms with Gasteiger partial charge in [-0.25, -0.2) is 9.19 Å². The van der Waals surface area contributed by atoms with Crippen LogP contribution in [0.1, 0.15) is 6.42 Å². The van der Waals surface area contributed by atoms with Gasteiger partial charge in [0.2, 0.25) is 0 Å². The standard InChI is InChI=1S/C11H12N2O2S.ClH/c14-16(8-5-6-12-7-8)11-13-9-3-1-2-4-10(9)15-11;/h1-4,8,12H,5-7H2;1H/t8-,16?;/m1./s1. The molecule has 17 heavy (non-hydrogen) atoms. The van der Waals surface area contributed by atoms with Gasteiger partial charge in [0, 0.05) is 6.54 Å². The van der Waals surface area contributed by atoms with Crippen molar-refractivity contribution in [1.29, 1.82) is 0 Å². The topological polar surface area (TPSA) is 55.1 Å². The van der Waals surface area contributed by atoms with Crippen molar-refractivity contribution in [1.82, 2.24) is 10.3 Å². The van der Waals surface area contributed by atoms with Crippen LogP contribution in [0.25, 0.3) is 11.1 Å². The minimum Gasteiger partial charge on any atom is -0.430 e. The molecule has 6 heteroatoms. The molecule has 1 unspecified atom stereocenters. The Balaban J connectivity index is 0.00000108. The monoisotopic (exact) mass is 272 g/mol. The molecule has 0 spiro atoms. The van der Waals surface area contributed by atoms with E-state index in [-0.39, 0.29) is 17.7 Å². The van der Waals surface area contributed by atoms with Gasteiger partial charge in [-0.3, -0.25) is 0 Å². The highest BCUT2D eigenvalue weighted by Crippen LogP contribution is 2.20. The first-order chi connectivity index (χ1) is 7.84. The largest absolute Gasteiger partial charge is 0.430 e.